The second kappa shape index (κ2) is 5.74. The maximum Gasteiger partial charge on any atom is 0.186 e. The molecule has 122 valence electrons. The summed E-state index contributed by atoms with van der Waals surface area (Å²) in [4.78, 5) is 22.4. The van der Waals surface area contributed by atoms with Crippen molar-refractivity contribution in [3.05, 3.63) is 102 Å². The highest BCUT2D eigenvalue weighted by Gasteiger charge is 2.27. The molecule has 0 saturated carbocycles. The fraction of sp³-hybridized carbons (Fsp3) is 0. The Hall–Kier alpha value is -3.59. The minimum absolute atomic E-state index is 0.0294. The van der Waals surface area contributed by atoms with Crippen LogP contribution in [0.2, 0.25) is 0 Å². The normalized spacial score (nSPS) is 13.6. The molecular weight excluding hydrogens is 320 g/mol. The minimum atomic E-state index is -0.0294. The first kappa shape index (κ1) is 14.7. The molecule has 3 nitrogen and oxygen atoms in total. The minimum Gasteiger partial charge on any atom is -0.289 e. The molecule has 1 aliphatic carbocycles. The Kier molecular flexibility index (Phi) is 3.25. The number of allylic oxidation sites excluding steroid dienone is 1. The van der Waals surface area contributed by atoms with Gasteiger partial charge in [0, 0.05) is 16.7 Å². The van der Waals surface area contributed by atoms with Crippen LogP contribution >= 0.6 is 0 Å². The molecule has 0 radical (unpaired) electrons. The Morgan fingerprint density at radius 3 is 1.96 bits per heavy atom. The van der Waals surface area contributed by atoms with Gasteiger partial charge in [0.25, 0.3) is 0 Å². The Morgan fingerprint density at radius 1 is 0.654 bits per heavy atom. The fourth-order valence-electron chi connectivity index (χ4n) is 3.39. The van der Waals surface area contributed by atoms with Gasteiger partial charge >= 0.3 is 0 Å². The summed E-state index contributed by atoms with van der Waals surface area (Å²) in [6.07, 6.45) is 1.68. The summed E-state index contributed by atoms with van der Waals surface area (Å²) >= 11 is 0. The van der Waals surface area contributed by atoms with Crippen molar-refractivity contribution < 1.29 is 4.79 Å². The lowest BCUT2D eigenvalue weighted by atomic mass is 10.0. The standard InChI is InChI=1S/C23H14N2O/c26-21(15-8-2-1-3-9-15)14-18-16-10-4-5-11-17(16)22-23(18)25-20-13-7-6-12-19(20)24-22/h1-14H. The molecule has 1 heterocycles. The van der Waals surface area contributed by atoms with Crippen molar-refractivity contribution in [2.24, 2.45) is 0 Å². The van der Waals surface area contributed by atoms with Crippen molar-refractivity contribution in [3.8, 4) is 11.3 Å². The summed E-state index contributed by atoms with van der Waals surface area (Å²) in [6.45, 7) is 0. The van der Waals surface area contributed by atoms with Gasteiger partial charge in [-0.2, -0.15) is 0 Å². The third-order valence-electron chi connectivity index (χ3n) is 4.63. The summed E-state index contributed by atoms with van der Waals surface area (Å²) < 4.78 is 0. The van der Waals surface area contributed by atoms with Crippen LogP contribution in [0, 0.1) is 0 Å². The molecule has 0 N–H and O–H groups in total. The van der Waals surface area contributed by atoms with E-state index < -0.39 is 0 Å². The predicted molar refractivity (Wildman–Crippen MR) is 103 cm³/mol. The number of hydrogen-bond donors (Lipinski definition) is 0. The maximum absolute atomic E-state index is 12.8. The molecule has 0 spiro atoms. The lowest BCUT2D eigenvalue weighted by molar-refractivity contribution is 0.104. The molecule has 1 aromatic heterocycles. The highest BCUT2D eigenvalue weighted by atomic mass is 16.1. The molecule has 0 atom stereocenters. The Morgan fingerprint density at radius 2 is 1.23 bits per heavy atom. The Bertz CT molecular complexity index is 1190. The van der Waals surface area contributed by atoms with Crippen molar-refractivity contribution in [1.29, 1.82) is 0 Å². The number of ketones is 1. The van der Waals surface area contributed by atoms with E-state index in [2.05, 4.69) is 0 Å². The Labute approximate surface area is 150 Å². The molecule has 3 heteroatoms. The molecule has 5 rings (SSSR count). The van der Waals surface area contributed by atoms with E-state index in [1.807, 2.05) is 78.9 Å². The van der Waals surface area contributed by atoms with Gasteiger partial charge < -0.3 is 0 Å². The largest absolute Gasteiger partial charge is 0.289 e. The van der Waals surface area contributed by atoms with Gasteiger partial charge in [0.15, 0.2) is 5.78 Å². The smallest absolute Gasteiger partial charge is 0.186 e. The van der Waals surface area contributed by atoms with Crippen LogP contribution < -0.4 is 0 Å². The number of para-hydroxylation sites is 2. The van der Waals surface area contributed by atoms with Crippen molar-refractivity contribution in [2.75, 3.05) is 0 Å². The van der Waals surface area contributed by atoms with Gasteiger partial charge in [-0.15, -0.1) is 0 Å². The summed E-state index contributed by atoms with van der Waals surface area (Å²) in [6, 6.07) is 25.1. The average Bonchev–Trinajstić information content (AvgIpc) is 3.00. The molecule has 4 aromatic rings. The van der Waals surface area contributed by atoms with E-state index in [0.29, 0.717) is 5.56 Å². The summed E-state index contributed by atoms with van der Waals surface area (Å²) in [7, 11) is 0. The van der Waals surface area contributed by atoms with E-state index in [0.717, 1.165) is 39.1 Å². The SMILES string of the molecule is O=C(C=C1c2ccccc2-c2nc3ccccc3nc21)c1ccccc1. The van der Waals surface area contributed by atoms with Crippen molar-refractivity contribution in [3.63, 3.8) is 0 Å². The topological polar surface area (TPSA) is 42.9 Å². The monoisotopic (exact) mass is 334 g/mol. The zero-order chi connectivity index (χ0) is 17.5. The molecule has 0 amide bonds. The van der Waals surface area contributed by atoms with Crippen LogP contribution in [0.1, 0.15) is 21.6 Å². The van der Waals surface area contributed by atoms with E-state index in [1.165, 1.54) is 0 Å². The predicted octanol–water partition coefficient (Wildman–Crippen LogP) is 4.92. The average molecular weight is 334 g/mol. The number of benzene rings is 3. The third-order valence-corrected chi connectivity index (χ3v) is 4.63. The number of carbonyl (C=O) groups is 1. The van der Waals surface area contributed by atoms with Gasteiger partial charge in [-0.3, -0.25) is 4.79 Å². The van der Waals surface area contributed by atoms with Gasteiger partial charge in [0.2, 0.25) is 0 Å². The quantitative estimate of drug-likeness (QED) is 0.340. The summed E-state index contributed by atoms with van der Waals surface area (Å²) in [5.41, 5.74) is 6.83. The second-order valence-electron chi connectivity index (χ2n) is 6.24. The molecule has 0 bridgehead atoms. The first-order valence-corrected chi connectivity index (χ1v) is 8.49. The van der Waals surface area contributed by atoms with Gasteiger partial charge in [0.05, 0.1) is 22.4 Å². The zero-order valence-corrected chi connectivity index (χ0v) is 13.9. The number of rotatable bonds is 2. The van der Waals surface area contributed by atoms with Crippen LogP contribution in [0.25, 0.3) is 27.9 Å². The van der Waals surface area contributed by atoms with E-state index in [4.69, 9.17) is 9.97 Å². The number of carbonyl (C=O) groups excluding carboxylic acids is 1. The molecule has 0 fully saturated rings. The highest BCUT2D eigenvalue weighted by molar-refractivity contribution is 6.13. The number of aromatic nitrogens is 2. The summed E-state index contributed by atoms with van der Waals surface area (Å²) in [5.74, 6) is -0.0294. The van der Waals surface area contributed by atoms with E-state index in [-0.39, 0.29) is 5.78 Å². The molecule has 3 aromatic carbocycles. The molecule has 1 aliphatic rings. The fourth-order valence-corrected chi connectivity index (χ4v) is 3.39. The Balaban J connectivity index is 1.75. The molecular formula is C23H14N2O. The second-order valence-corrected chi connectivity index (χ2v) is 6.24. The van der Waals surface area contributed by atoms with Crippen LogP contribution in [0.4, 0.5) is 0 Å². The number of fused-ring (bicyclic) bond motifs is 4. The summed E-state index contributed by atoms with van der Waals surface area (Å²) in [5, 5.41) is 0. The van der Waals surface area contributed by atoms with Crippen molar-refractivity contribution >= 4 is 22.4 Å². The van der Waals surface area contributed by atoms with Crippen molar-refractivity contribution in [2.45, 2.75) is 0 Å². The molecule has 0 unspecified atom stereocenters. The van der Waals surface area contributed by atoms with E-state index >= 15 is 0 Å². The lowest BCUT2D eigenvalue weighted by Gasteiger charge is -2.04. The van der Waals surface area contributed by atoms with E-state index in [9.17, 15) is 4.79 Å². The van der Waals surface area contributed by atoms with Crippen LogP contribution in [0.3, 0.4) is 0 Å². The maximum atomic E-state index is 12.8. The van der Waals surface area contributed by atoms with E-state index in [1.54, 1.807) is 6.08 Å². The van der Waals surface area contributed by atoms with Gasteiger partial charge in [-0.1, -0.05) is 66.7 Å². The zero-order valence-electron chi connectivity index (χ0n) is 13.9. The third kappa shape index (κ3) is 2.25. The van der Waals surface area contributed by atoms with Gasteiger partial charge in [-0.05, 0) is 23.8 Å². The lowest BCUT2D eigenvalue weighted by Crippen LogP contribution is -1.97. The molecule has 26 heavy (non-hydrogen) atoms. The van der Waals surface area contributed by atoms with Crippen LogP contribution in [-0.4, -0.2) is 15.8 Å². The van der Waals surface area contributed by atoms with Crippen LogP contribution in [-0.2, 0) is 0 Å². The first-order valence-electron chi connectivity index (χ1n) is 8.49. The highest BCUT2D eigenvalue weighted by Crippen LogP contribution is 2.42. The number of hydrogen-bond acceptors (Lipinski definition) is 3. The number of nitrogens with zero attached hydrogens (tertiary/aromatic N) is 2. The van der Waals surface area contributed by atoms with Gasteiger partial charge in [0.1, 0.15) is 0 Å². The molecule has 0 saturated heterocycles. The molecule has 0 aliphatic heterocycles. The van der Waals surface area contributed by atoms with Crippen LogP contribution in [0.15, 0.2) is 84.9 Å². The van der Waals surface area contributed by atoms with Gasteiger partial charge in [-0.25, -0.2) is 9.97 Å². The first-order chi connectivity index (χ1) is 12.8. The van der Waals surface area contributed by atoms with Crippen LogP contribution in [0.5, 0.6) is 0 Å². The van der Waals surface area contributed by atoms with Crippen molar-refractivity contribution in [1.82, 2.24) is 9.97 Å².